The molecule has 1 N–H and O–H groups in total. The summed E-state index contributed by atoms with van der Waals surface area (Å²) in [6.07, 6.45) is 7.12. The van der Waals surface area contributed by atoms with Crippen LogP contribution in [0.1, 0.15) is 57.1 Å². The fraction of sp³-hybridized carbons (Fsp3) is 0.667. The van der Waals surface area contributed by atoms with E-state index in [-0.39, 0.29) is 11.2 Å². The molecular weight excluding hydrogens is 251 g/mol. The second kappa shape index (κ2) is 4.07. The molecule has 108 valence electrons. The molecule has 5 rings (SSSR count). The van der Waals surface area contributed by atoms with Gasteiger partial charge in [0.25, 0.3) is 0 Å². The zero-order chi connectivity index (χ0) is 14.0. The van der Waals surface area contributed by atoms with Gasteiger partial charge in [-0.3, -0.25) is 0 Å². The van der Waals surface area contributed by atoms with E-state index in [0.717, 1.165) is 36.7 Å². The van der Waals surface area contributed by atoms with Crippen LogP contribution in [0.15, 0.2) is 24.3 Å². The summed E-state index contributed by atoms with van der Waals surface area (Å²) < 4.78 is 13.1. The standard InChI is InChI=1S/C18H23FO/c1-17-7-12-6-13(8-17)10-18(9-12,11-17)16(20)14-2-4-15(19)5-3-14/h2-5,12-13,16,20H,6-11H2,1H3. The number of rotatable bonds is 2. The molecule has 3 unspecified atom stereocenters. The molecule has 4 bridgehead atoms. The highest BCUT2D eigenvalue weighted by atomic mass is 19.1. The predicted molar refractivity (Wildman–Crippen MR) is 76.6 cm³/mol. The first-order valence-electron chi connectivity index (χ1n) is 7.92. The van der Waals surface area contributed by atoms with Crippen molar-refractivity contribution >= 4 is 0 Å². The molecule has 0 aliphatic heterocycles. The van der Waals surface area contributed by atoms with E-state index >= 15 is 0 Å². The van der Waals surface area contributed by atoms with Gasteiger partial charge in [0.05, 0.1) is 6.10 Å². The van der Waals surface area contributed by atoms with Crippen molar-refractivity contribution in [3.05, 3.63) is 35.6 Å². The van der Waals surface area contributed by atoms with Crippen molar-refractivity contribution in [2.24, 2.45) is 22.7 Å². The number of aliphatic hydroxyl groups is 1. The molecule has 4 aliphatic rings. The molecule has 0 amide bonds. The third kappa shape index (κ3) is 1.84. The van der Waals surface area contributed by atoms with Crippen molar-refractivity contribution in [3.8, 4) is 0 Å². The van der Waals surface area contributed by atoms with Crippen LogP contribution in [0.2, 0.25) is 0 Å². The third-order valence-electron chi connectivity index (χ3n) is 6.16. The number of hydrogen-bond donors (Lipinski definition) is 1. The van der Waals surface area contributed by atoms with E-state index in [2.05, 4.69) is 6.92 Å². The summed E-state index contributed by atoms with van der Waals surface area (Å²) in [7, 11) is 0. The Kier molecular flexibility index (Phi) is 2.61. The van der Waals surface area contributed by atoms with Gasteiger partial charge < -0.3 is 5.11 Å². The quantitative estimate of drug-likeness (QED) is 0.844. The summed E-state index contributed by atoms with van der Waals surface area (Å²) in [6, 6.07) is 6.48. The highest BCUT2D eigenvalue weighted by molar-refractivity contribution is 5.23. The average molecular weight is 274 g/mol. The number of halogens is 1. The van der Waals surface area contributed by atoms with Crippen LogP contribution in [0.3, 0.4) is 0 Å². The van der Waals surface area contributed by atoms with Gasteiger partial charge in [-0.05, 0) is 73.5 Å². The largest absolute Gasteiger partial charge is 0.388 e. The summed E-state index contributed by atoms with van der Waals surface area (Å²) in [5, 5.41) is 11.0. The maximum atomic E-state index is 13.1. The third-order valence-corrected chi connectivity index (χ3v) is 6.16. The SMILES string of the molecule is CC12CC3CC(C1)CC(C(O)c1ccc(F)cc1)(C3)C2. The van der Waals surface area contributed by atoms with Crippen LogP contribution in [0.5, 0.6) is 0 Å². The second-order valence-electron chi connectivity index (χ2n) is 8.09. The minimum absolute atomic E-state index is 0.0522. The highest BCUT2D eigenvalue weighted by Crippen LogP contribution is 2.68. The van der Waals surface area contributed by atoms with Gasteiger partial charge >= 0.3 is 0 Å². The van der Waals surface area contributed by atoms with E-state index in [1.807, 2.05) is 0 Å². The van der Waals surface area contributed by atoms with E-state index in [1.54, 1.807) is 12.1 Å². The molecular formula is C18H23FO. The normalized spacial score (nSPS) is 43.8. The van der Waals surface area contributed by atoms with Crippen molar-refractivity contribution in [2.75, 3.05) is 0 Å². The molecule has 0 aromatic heterocycles. The lowest BCUT2D eigenvalue weighted by Gasteiger charge is -2.62. The lowest BCUT2D eigenvalue weighted by Crippen LogP contribution is -2.53. The Labute approximate surface area is 120 Å². The van der Waals surface area contributed by atoms with Crippen molar-refractivity contribution in [3.63, 3.8) is 0 Å². The maximum Gasteiger partial charge on any atom is 0.123 e. The van der Waals surface area contributed by atoms with Crippen LogP contribution >= 0.6 is 0 Å². The predicted octanol–water partition coefficient (Wildman–Crippen LogP) is 4.47. The summed E-state index contributed by atoms with van der Waals surface area (Å²) in [5.74, 6) is 1.38. The topological polar surface area (TPSA) is 20.2 Å². The first-order chi connectivity index (χ1) is 9.48. The molecule has 1 aromatic carbocycles. The van der Waals surface area contributed by atoms with Crippen molar-refractivity contribution in [1.82, 2.24) is 0 Å². The second-order valence-corrected chi connectivity index (χ2v) is 8.09. The van der Waals surface area contributed by atoms with Gasteiger partial charge in [0.15, 0.2) is 0 Å². The molecule has 2 heteroatoms. The van der Waals surface area contributed by atoms with Crippen molar-refractivity contribution < 1.29 is 9.50 Å². The number of benzene rings is 1. The lowest BCUT2D eigenvalue weighted by molar-refractivity contribution is -0.155. The van der Waals surface area contributed by atoms with Crippen LogP contribution in [-0.4, -0.2) is 5.11 Å². The smallest absolute Gasteiger partial charge is 0.123 e. The van der Waals surface area contributed by atoms with Gasteiger partial charge in [-0.1, -0.05) is 19.1 Å². The van der Waals surface area contributed by atoms with Gasteiger partial charge in [-0.15, -0.1) is 0 Å². The van der Waals surface area contributed by atoms with Crippen LogP contribution < -0.4 is 0 Å². The van der Waals surface area contributed by atoms with Gasteiger partial charge in [-0.2, -0.15) is 0 Å². The fourth-order valence-corrected chi connectivity index (χ4v) is 6.12. The molecule has 4 aliphatic carbocycles. The molecule has 4 saturated carbocycles. The first kappa shape index (κ1) is 12.8. The Morgan fingerprint density at radius 1 is 1.10 bits per heavy atom. The minimum atomic E-state index is -0.423. The molecule has 0 saturated heterocycles. The zero-order valence-corrected chi connectivity index (χ0v) is 12.1. The number of aliphatic hydroxyl groups excluding tert-OH is 1. The first-order valence-corrected chi connectivity index (χ1v) is 7.92. The Morgan fingerprint density at radius 3 is 2.25 bits per heavy atom. The van der Waals surface area contributed by atoms with Gasteiger partial charge in [0, 0.05) is 5.41 Å². The van der Waals surface area contributed by atoms with Crippen LogP contribution in [0.25, 0.3) is 0 Å². The van der Waals surface area contributed by atoms with Gasteiger partial charge in [0.1, 0.15) is 5.82 Å². The molecule has 0 spiro atoms. The summed E-state index contributed by atoms with van der Waals surface area (Å²) >= 11 is 0. The van der Waals surface area contributed by atoms with Gasteiger partial charge in [0.2, 0.25) is 0 Å². The molecule has 0 radical (unpaired) electrons. The summed E-state index contributed by atoms with van der Waals surface area (Å²) in [4.78, 5) is 0. The van der Waals surface area contributed by atoms with E-state index in [9.17, 15) is 9.50 Å². The van der Waals surface area contributed by atoms with Crippen molar-refractivity contribution in [1.29, 1.82) is 0 Å². The summed E-state index contributed by atoms with van der Waals surface area (Å²) in [5.41, 5.74) is 1.39. The molecule has 0 heterocycles. The molecule has 1 nitrogen and oxygen atoms in total. The minimum Gasteiger partial charge on any atom is -0.388 e. The molecule has 4 fully saturated rings. The summed E-state index contributed by atoms with van der Waals surface area (Å²) in [6.45, 7) is 2.41. The average Bonchev–Trinajstić information content (AvgIpc) is 2.36. The van der Waals surface area contributed by atoms with E-state index in [4.69, 9.17) is 0 Å². The molecule has 3 atom stereocenters. The zero-order valence-electron chi connectivity index (χ0n) is 12.1. The van der Waals surface area contributed by atoms with Crippen LogP contribution in [-0.2, 0) is 0 Å². The Bertz CT molecular complexity index is 507. The molecule has 20 heavy (non-hydrogen) atoms. The Hall–Kier alpha value is -0.890. The van der Waals surface area contributed by atoms with Gasteiger partial charge in [-0.25, -0.2) is 4.39 Å². The highest BCUT2D eigenvalue weighted by Gasteiger charge is 2.58. The van der Waals surface area contributed by atoms with E-state index < -0.39 is 6.10 Å². The van der Waals surface area contributed by atoms with Crippen LogP contribution in [0, 0.1) is 28.5 Å². The number of hydrogen-bond acceptors (Lipinski definition) is 1. The van der Waals surface area contributed by atoms with Crippen molar-refractivity contribution in [2.45, 2.75) is 51.6 Å². The maximum absolute atomic E-state index is 13.1. The lowest BCUT2D eigenvalue weighted by atomic mass is 9.43. The van der Waals surface area contributed by atoms with E-state index in [0.29, 0.717) is 5.41 Å². The molecule has 1 aromatic rings. The monoisotopic (exact) mass is 274 g/mol. The van der Waals surface area contributed by atoms with E-state index in [1.165, 1.54) is 31.4 Å². The fourth-order valence-electron chi connectivity index (χ4n) is 6.12. The Morgan fingerprint density at radius 2 is 1.70 bits per heavy atom. The van der Waals surface area contributed by atoms with Crippen LogP contribution in [0.4, 0.5) is 4.39 Å². The Balaban J connectivity index is 1.68.